The molecule has 5 nitrogen and oxygen atoms in total. The molecule has 1 aromatic carbocycles. The molecule has 1 aromatic heterocycles. The Balaban J connectivity index is 2.29. The standard InChI is InChI=1S/C11H13FN4O/c1-13-5-11(17)8-2-3-10(9(12)4-8)16-7-14-6-15-16/h2-4,6-7,11,13,17H,5H2,1H3. The van der Waals surface area contributed by atoms with Gasteiger partial charge in [0.15, 0.2) is 0 Å². The van der Waals surface area contributed by atoms with Crippen molar-refractivity contribution in [3.8, 4) is 5.69 Å². The molecule has 6 heteroatoms. The first kappa shape index (κ1) is 11.7. The summed E-state index contributed by atoms with van der Waals surface area (Å²) in [6.45, 7) is 0.377. The van der Waals surface area contributed by atoms with Crippen LogP contribution >= 0.6 is 0 Å². The molecular weight excluding hydrogens is 223 g/mol. The van der Waals surface area contributed by atoms with Gasteiger partial charge < -0.3 is 10.4 Å². The second kappa shape index (κ2) is 5.03. The maximum atomic E-state index is 13.8. The lowest BCUT2D eigenvalue weighted by Gasteiger charge is -2.11. The number of benzene rings is 1. The second-order valence-corrected chi connectivity index (χ2v) is 3.62. The maximum absolute atomic E-state index is 13.8. The Hall–Kier alpha value is -1.79. The molecule has 0 amide bonds. The SMILES string of the molecule is CNCC(O)c1ccc(-n2cncn2)c(F)c1. The molecule has 0 saturated heterocycles. The van der Waals surface area contributed by atoms with E-state index in [9.17, 15) is 9.50 Å². The average Bonchev–Trinajstić information content (AvgIpc) is 2.82. The van der Waals surface area contributed by atoms with Crippen LogP contribution in [0, 0.1) is 5.82 Å². The van der Waals surface area contributed by atoms with E-state index in [0.29, 0.717) is 17.8 Å². The lowest BCUT2D eigenvalue weighted by molar-refractivity contribution is 0.177. The van der Waals surface area contributed by atoms with Crippen LogP contribution in [-0.4, -0.2) is 33.5 Å². The summed E-state index contributed by atoms with van der Waals surface area (Å²) in [5, 5.41) is 16.4. The Morgan fingerprint density at radius 3 is 2.94 bits per heavy atom. The molecule has 2 aromatic rings. The average molecular weight is 236 g/mol. The molecule has 0 radical (unpaired) electrons. The maximum Gasteiger partial charge on any atom is 0.149 e. The van der Waals surface area contributed by atoms with E-state index >= 15 is 0 Å². The van der Waals surface area contributed by atoms with E-state index in [1.807, 2.05) is 0 Å². The quantitative estimate of drug-likeness (QED) is 0.818. The van der Waals surface area contributed by atoms with E-state index in [1.54, 1.807) is 19.2 Å². The molecule has 1 atom stereocenters. The van der Waals surface area contributed by atoms with Crippen molar-refractivity contribution in [3.05, 3.63) is 42.2 Å². The summed E-state index contributed by atoms with van der Waals surface area (Å²) in [6, 6.07) is 4.54. The van der Waals surface area contributed by atoms with Gasteiger partial charge in [0.05, 0.1) is 6.10 Å². The highest BCUT2D eigenvalue weighted by molar-refractivity contribution is 5.36. The number of aromatic nitrogens is 3. The van der Waals surface area contributed by atoms with E-state index in [-0.39, 0.29) is 0 Å². The molecule has 2 N–H and O–H groups in total. The molecule has 0 bridgehead atoms. The second-order valence-electron chi connectivity index (χ2n) is 3.62. The molecular formula is C11H13FN4O. The zero-order valence-corrected chi connectivity index (χ0v) is 9.34. The number of likely N-dealkylation sites (N-methyl/N-ethyl adjacent to an activating group) is 1. The first-order valence-corrected chi connectivity index (χ1v) is 5.19. The smallest absolute Gasteiger partial charge is 0.149 e. The van der Waals surface area contributed by atoms with Crippen molar-refractivity contribution in [2.24, 2.45) is 0 Å². The topological polar surface area (TPSA) is 63.0 Å². The highest BCUT2D eigenvalue weighted by Crippen LogP contribution is 2.18. The molecule has 0 aliphatic carbocycles. The highest BCUT2D eigenvalue weighted by Gasteiger charge is 2.11. The van der Waals surface area contributed by atoms with Crippen molar-refractivity contribution in [2.45, 2.75) is 6.10 Å². The van der Waals surface area contributed by atoms with Crippen molar-refractivity contribution >= 4 is 0 Å². The molecule has 17 heavy (non-hydrogen) atoms. The van der Waals surface area contributed by atoms with E-state index in [2.05, 4.69) is 15.4 Å². The van der Waals surface area contributed by atoms with Gasteiger partial charge in [0.1, 0.15) is 24.2 Å². The van der Waals surface area contributed by atoms with Crippen LogP contribution < -0.4 is 5.32 Å². The third kappa shape index (κ3) is 2.48. The van der Waals surface area contributed by atoms with Crippen LogP contribution in [0.25, 0.3) is 5.69 Å². The predicted octanol–water partition coefficient (Wildman–Crippen LogP) is 0.659. The van der Waals surface area contributed by atoms with Gasteiger partial charge in [0.25, 0.3) is 0 Å². The summed E-state index contributed by atoms with van der Waals surface area (Å²) >= 11 is 0. The Morgan fingerprint density at radius 1 is 1.53 bits per heavy atom. The van der Waals surface area contributed by atoms with Gasteiger partial charge in [-0.15, -0.1) is 0 Å². The fourth-order valence-electron chi connectivity index (χ4n) is 1.56. The number of aliphatic hydroxyl groups excluding tert-OH is 1. The fourth-order valence-corrected chi connectivity index (χ4v) is 1.56. The number of aliphatic hydroxyl groups is 1. The summed E-state index contributed by atoms with van der Waals surface area (Å²) in [5.74, 6) is -0.442. The van der Waals surface area contributed by atoms with Gasteiger partial charge in [-0.05, 0) is 24.7 Å². The minimum atomic E-state index is -0.723. The van der Waals surface area contributed by atoms with Crippen LogP contribution in [-0.2, 0) is 0 Å². The van der Waals surface area contributed by atoms with E-state index in [4.69, 9.17) is 0 Å². The van der Waals surface area contributed by atoms with E-state index in [1.165, 1.54) is 23.4 Å². The summed E-state index contributed by atoms with van der Waals surface area (Å²) < 4.78 is 15.1. The molecule has 0 saturated carbocycles. The van der Waals surface area contributed by atoms with E-state index in [0.717, 1.165) is 0 Å². The molecule has 1 unspecified atom stereocenters. The Kier molecular flexibility index (Phi) is 3.46. The number of halogens is 1. The minimum Gasteiger partial charge on any atom is -0.387 e. The Bertz CT molecular complexity index is 486. The molecule has 0 fully saturated rings. The number of nitrogens with zero attached hydrogens (tertiary/aromatic N) is 3. The summed E-state index contributed by atoms with van der Waals surface area (Å²) in [5.41, 5.74) is 0.837. The van der Waals surface area contributed by atoms with Crippen LogP contribution in [0.15, 0.2) is 30.9 Å². The molecule has 0 aliphatic heterocycles. The van der Waals surface area contributed by atoms with Crippen molar-refractivity contribution in [2.75, 3.05) is 13.6 Å². The Labute approximate surface area is 97.9 Å². The minimum absolute atomic E-state index is 0.308. The van der Waals surface area contributed by atoms with Gasteiger partial charge in [-0.2, -0.15) is 5.10 Å². The van der Waals surface area contributed by atoms with Gasteiger partial charge in [-0.1, -0.05) is 6.07 Å². The zero-order chi connectivity index (χ0) is 12.3. The van der Waals surface area contributed by atoms with Crippen LogP contribution in [0.5, 0.6) is 0 Å². The molecule has 0 aliphatic rings. The van der Waals surface area contributed by atoms with Gasteiger partial charge in [0.2, 0.25) is 0 Å². The summed E-state index contributed by atoms with van der Waals surface area (Å²) in [6.07, 6.45) is 2.03. The van der Waals surface area contributed by atoms with Crippen molar-refractivity contribution in [1.29, 1.82) is 0 Å². The third-order valence-corrected chi connectivity index (χ3v) is 2.42. The van der Waals surface area contributed by atoms with Crippen LogP contribution in [0.4, 0.5) is 4.39 Å². The Morgan fingerprint density at radius 2 is 2.35 bits per heavy atom. The lowest BCUT2D eigenvalue weighted by Crippen LogP contribution is -2.17. The van der Waals surface area contributed by atoms with Gasteiger partial charge >= 0.3 is 0 Å². The number of hydrogen-bond acceptors (Lipinski definition) is 4. The number of rotatable bonds is 4. The van der Waals surface area contributed by atoms with E-state index < -0.39 is 11.9 Å². The largest absolute Gasteiger partial charge is 0.387 e. The monoisotopic (exact) mass is 236 g/mol. The molecule has 90 valence electrons. The van der Waals surface area contributed by atoms with Crippen LogP contribution in [0.1, 0.15) is 11.7 Å². The molecule has 2 rings (SSSR count). The fraction of sp³-hybridized carbons (Fsp3) is 0.273. The van der Waals surface area contributed by atoms with Gasteiger partial charge in [0, 0.05) is 6.54 Å². The summed E-state index contributed by atoms with van der Waals surface area (Å²) in [4.78, 5) is 3.75. The molecule has 1 heterocycles. The third-order valence-electron chi connectivity index (χ3n) is 2.42. The lowest BCUT2D eigenvalue weighted by atomic mass is 10.1. The van der Waals surface area contributed by atoms with Crippen molar-refractivity contribution in [1.82, 2.24) is 20.1 Å². The normalized spacial score (nSPS) is 12.6. The van der Waals surface area contributed by atoms with Crippen molar-refractivity contribution < 1.29 is 9.50 Å². The summed E-state index contributed by atoms with van der Waals surface area (Å²) in [7, 11) is 1.73. The number of hydrogen-bond donors (Lipinski definition) is 2. The zero-order valence-electron chi connectivity index (χ0n) is 9.34. The first-order chi connectivity index (χ1) is 8.22. The first-order valence-electron chi connectivity index (χ1n) is 5.19. The van der Waals surface area contributed by atoms with Gasteiger partial charge in [-0.25, -0.2) is 14.1 Å². The highest BCUT2D eigenvalue weighted by atomic mass is 19.1. The number of nitrogens with one attached hydrogen (secondary N) is 1. The van der Waals surface area contributed by atoms with Crippen LogP contribution in [0.3, 0.4) is 0 Å². The van der Waals surface area contributed by atoms with Gasteiger partial charge in [-0.3, -0.25) is 0 Å². The molecule has 0 spiro atoms. The predicted molar refractivity (Wildman–Crippen MR) is 60.2 cm³/mol. The van der Waals surface area contributed by atoms with Crippen LogP contribution in [0.2, 0.25) is 0 Å². The van der Waals surface area contributed by atoms with Crippen molar-refractivity contribution in [3.63, 3.8) is 0 Å².